The third-order valence-electron chi connectivity index (χ3n) is 2.72. The lowest BCUT2D eigenvalue weighted by atomic mass is 10.1. The number of hydrogen-bond donors (Lipinski definition) is 3. The van der Waals surface area contributed by atoms with Crippen LogP contribution in [0.1, 0.15) is 33.6 Å². The molecule has 0 aliphatic heterocycles. The van der Waals surface area contributed by atoms with Crippen molar-refractivity contribution in [1.82, 2.24) is 10.6 Å². The third kappa shape index (κ3) is 10.4. The number of anilines is 1. The van der Waals surface area contributed by atoms with Crippen molar-refractivity contribution in [3.05, 3.63) is 29.3 Å². The molecule has 0 aliphatic carbocycles. The van der Waals surface area contributed by atoms with Crippen molar-refractivity contribution >= 4 is 53.1 Å². The number of aliphatic imine (C=N–C) groups is 1. The summed E-state index contributed by atoms with van der Waals surface area (Å²) in [7, 11) is 1.73. The summed E-state index contributed by atoms with van der Waals surface area (Å²) in [4.78, 5) is 16.0. The molecule has 0 bridgehead atoms. The lowest BCUT2D eigenvalue weighted by Crippen LogP contribution is -2.47. The van der Waals surface area contributed by atoms with E-state index in [1.807, 2.05) is 0 Å². The van der Waals surface area contributed by atoms with Gasteiger partial charge in [-0.05, 0) is 51.5 Å². The summed E-state index contributed by atoms with van der Waals surface area (Å²) in [6, 6.07) is 7.07. The van der Waals surface area contributed by atoms with Gasteiger partial charge in [0.25, 0.3) is 0 Å². The Kier molecular flexibility index (Phi) is 10.2. The van der Waals surface area contributed by atoms with Gasteiger partial charge < -0.3 is 16.0 Å². The molecule has 0 spiro atoms. The summed E-state index contributed by atoms with van der Waals surface area (Å²) < 4.78 is 0. The number of amides is 1. The van der Waals surface area contributed by atoms with Gasteiger partial charge >= 0.3 is 0 Å². The van der Waals surface area contributed by atoms with E-state index in [1.165, 1.54) is 0 Å². The average molecular weight is 453 g/mol. The molecule has 0 saturated heterocycles. The average Bonchev–Trinajstić information content (AvgIpc) is 2.43. The summed E-state index contributed by atoms with van der Waals surface area (Å²) in [5.74, 6) is 0.730. The Morgan fingerprint density at radius 2 is 1.83 bits per heavy atom. The van der Waals surface area contributed by atoms with Crippen LogP contribution in [0.25, 0.3) is 0 Å². The fourth-order valence-corrected chi connectivity index (χ4v) is 1.87. The molecule has 0 aliphatic rings. The highest BCUT2D eigenvalue weighted by atomic mass is 127. The van der Waals surface area contributed by atoms with Crippen molar-refractivity contribution in [2.75, 3.05) is 18.9 Å². The molecule has 0 fully saturated rings. The molecule has 1 rings (SSSR count). The molecule has 0 heterocycles. The number of carbonyl (C=O) groups is 1. The number of halogens is 2. The Morgan fingerprint density at radius 3 is 2.35 bits per heavy atom. The number of rotatable bonds is 5. The molecular formula is C16H26ClIN4O. The SMILES string of the molecule is CN=C(NCCCC(=O)Nc1ccc(Cl)cc1)NC(C)(C)C.I. The molecule has 1 aromatic rings. The van der Waals surface area contributed by atoms with Gasteiger partial charge in [0.15, 0.2) is 5.96 Å². The van der Waals surface area contributed by atoms with Crippen LogP contribution in [0, 0.1) is 0 Å². The third-order valence-corrected chi connectivity index (χ3v) is 2.97. The minimum atomic E-state index is -0.0478. The number of guanidine groups is 1. The maximum absolute atomic E-state index is 11.8. The van der Waals surface area contributed by atoms with Crippen molar-refractivity contribution < 1.29 is 4.79 Å². The van der Waals surface area contributed by atoms with Crippen molar-refractivity contribution in [2.45, 2.75) is 39.2 Å². The van der Waals surface area contributed by atoms with Gasteiger partial charge in [0.05, 0.1) is 0 Å². The molecule has 3 N–H and O–H groups in total. The van der Waals surface area contributed by atoms with Gasteiger partial charge in [-0.25, -0.2) is 0 Å². The Bertz CT molecular complexity index is 512. The predicted molar refractivity (Wildman–Crippen MR) is 109 cm³/mol. The largest absolute Gasteiger partial charge is 0.356 e. The lowest BCUT2D eigenvalue weighted by molar-refractivity contribution is -0.116. The van der Waals surface area contributed by atoms with E-state index in [1.54, 1.807) is 31.3 Å². The zero-order valence-electron chi connectivity index (χ0n) is 14.1. The summed E-state index contributed by atoms with van der Waals surface area (Å²) >= 11 is 5.80. The van der Waals surface area contributed by atoms with Crippen molar-refractivity contribution in [3.8, 4) is 0 Å². The second kappa shape index (κ2) is 10.7. The zero-order valence-corrected chi connectivity index (χ0v) is 17.2. The number of hydrogen-bond acceptors (Lipinski definition) is 2. The zero-order chi connectivity index (χ0) is 16.6. The second-order valence-corrected chi connectivity index (χ2v) is 6.47. The molecule has 23 heavy (non-hydrogen) atoms. The quantitative estimate of drug-likeness (QED) is 0.277. The fraction of sp³-hybridized carbons (Fsp3) is 0.500. The minimum Gasteiger partial charge on any atom is -0.356 e. The molecule has 1 aromatic carbocycles. The van der Waals surface area contributed by atoms with Crippen LogP contribution in [0.2, 0.25) is 5.02 Å². The van der Waals surface area contributed by atoms with Gasteiger partial charge in [0.2, 0.25) is 5.91 Å². The van der Waals surface area contributed by atoms with Crippen LogP contribution in [0.3, 0.4) is 0 Å². The van der Waals surface area contributed by atoms with Crippen molar-refractivity contribution in [3.63, 3.8) is 0 Å². The van der Waals surface area contributed by atoms with Crippen LogP contribution in [-0.2, 0) is 4.79 Å². The lowest BCUT2D eigenvalue weighted by Gasteiger charge is -2.23. The highest BCUT2D eigenvalue weighted by molar-refractivity contribution is 14.0. The molecule has 130 valence electrons. The van der Waals surface area contributed by atoms with E-state index in [2.05, 4.69) is 41.7 Å². The molecular weight excluding hydrogens is 427 g/mol. The fourth-order valence-electron chi connectivity index (χ4n) is 1.75. The first-order chi connectivity index (χ1) is 10.3. The number of nitrogens with zero attached hydrogens (tertiary/aromatic N) is 1. The van der Waals surface area contributed by atoms with Gasteiger partial charge in [0.1, 0.15) is 0 Å². The molecule has 5 nitrogen and oxygen atoms in total. The number of carbonyl (C=O) groups excluding carboxylic acids is 1. The van der Waals surface area contributed by atoms with Crippen LogP contribution < -0.4 is 16.0 Å². The molecule has 0 unspecified atom stereocenters. The molecule has 0 radical (unpaired) electrons. The summed E-state index contributed by atoms with van der Waals surface area (Å²) in [6.45, 7) is 6.89. The van der Waals surface area contributed by atoms with E-state index in [0.717, 1.165) is 18.1 Å². The van der Waals surface area contributed by atoms with Crippen LogP contribution in [-0.4, -0.2) is 31.0 Å². The van der Waals surface area contributed by atoms with Gasteiger partial charge in [0, 0.05) is 36.3 Å². The topological polar surface area (TPSA) is 65.5 Å². The van der Waals surface area contributed by atoms with Gasteiger partial charge in [-0.2, -0.15) is 0 Å². The first-order valence-corrected chi connectivity index (χ1v) is 7.72. The smallest absolute Gasteiger partial charge is 0.224 e. The number of benzene rings is 1. The maximum Gasteiger partial charge on any atom is 0.224 e. The molecule has 0 atom stereocenters. The Balaban J connectivity index is 0.00000484. The summed E-state index contributed by atoms with van der Waals surface area (Å²) in [5.41, 5.74) is 0.709. The monoisotopic (exact) mass is 452 g/mol. The van der Waals surface area contributed by atoms with Crippen LogP contribution >= 0.6 is 35.6 Å². The number of nitrogens with one attached hydrogen (secondary N) is 3. The highest BCUT2D eigenvalue weighted by Crippen LogP contribution is 2.13. The van der Waals surface area contributed by atoms with Crippen molar-refractivity contribution in [2.24, 2.45) is 4.99 Å². The van der Waals surface area contributed by atoms with Crippen LogP contribution in [0.15, 0.2) is 29.3 Å². The highest BCUT2D eigenvalue weighted by Gasteiger charge is 2.11. The van der Waals surface area contributed by atoms with Gasteiger partial charge in [-0.1, -0.05) is 11.6 Å². The van der Waals surface area contributed by atoms with E-state index in [4.69, 9.17) is 11.6 Å². The van der Waals surface area contributed by atoms with Gasteiger partial charge in [-0.15, -0.1) is 24.0 Å². The molecule has 7 heteroatoms. The Labute approximate surface area is 160 Å². The van der Waals surface area contributed by atoms with E-state index in [-0.39, 0.29) is 35.4 Å². The molecule has 1 amide bonds. The van der Waals surface area contributed by atoms with E-state index < -0.39 is 0 Å². The van der Waals surface area contributed by atoms with E-state index >= 15 is 0 Å². The van der Waals surface area contributed by atoms with Gasteiger partial charge in [-0.3, -0.25) is 9.79 Å². The first-order valence-electron chi connectivity index (χ1n) is 7.34. The molecule has 0 saturated carbocycles. The maximum atomic E-state index is 11.8. The summed E-state index contributed by atoms with van der Waals surface area (Å²) in [5, 5.41) is 9.95. The van der Waals surface area contributed by atoms with Crippen LogP contribution in [0.5, 0.6) is 0 Å². The molecule has 0 aromatic heterocycles. The van der Waals surface area contributed by atoms with E-state index in [9.17, 15) is 4.79 Å². The van der Waals surface area contributed by atoms with Crippen LogP contribution in [0.4, 0.5) is 5.69 Å². The normalized spacial score (nSPS) is 11.4. The Morgan fingerprint density at radius 1 is 1.22 bits per heavy atom. The first kappa shape index (κ1) is 22.0. The summed E-state index contributed by atoms with van der Waals surface area (Å²) in [6.07, 6.45) is 1.17. The Hall–Kier alpha value is -1.02. The minimum absolute atomic E-state index is 0. The second-order valence-electron chi connectivity index (χ2n) is 6.03. The van der Waals surface area contributed by atoms with E-state index in [0.29, 0.717) is 18.0 Å². The predicted octanol–water partition coefficient (Wildman–Crippen LogP) is 3.64. The standard InChI is InChI=1S/C16H25ClN4O.HI/c1-16(2,3)21-15(18-4)19-11-5-6-14(22)20-13-9-7-12(17)8-10-13;/h7-10H,5-6,11H2,1-4H3,(H,20,22)(H2,18,19,21);1H. The van der Waals surface area contributed by atoms with Crippen molar-refractivity contribution in [1.29, 1.82) is 0 Å².